The second-order valence-corrected chi connectivity index (χ2v) is 8.07. The van der Waals surface area contributed by atoms with Crippen molar-refractivity contribution in [3.8, 4) is 28.7 Å². The summed E-state index contributed by atoms with van der Waals surface area (Å²) in [5.74, 6) is -4.41. The summed E-state index contributed by atoms with van der Waals surface area (Å²) in [5.41, 5.74) is 1.75. The molecule has 1 aliphatic rings. The molecular weight excluding hydrogens is 444 g/mol. The van der Waals surface area contributed by atoms with Gasteiger partial charge in [-0.2, -0.15) is 0 Å². The number of aromatic hydroxyl groups is 5. The van der Waals surface area contributed by atoms with Gasteiger partial charge in [0, 0.05) is 18.4 Å². The lowest BCUT2D eigenvalue weighted by atomic mass is 9.87. The van der Waals surface area contributed by atoms with Gasteiger partial charge in [-0.15, -0.1) is 0 Å². The number of hydrogen-bond donors (Lipinski definition) is 5. The molecule has 0 saturated carbocycles. The molecule has 0 unspecified atom stereocenters. The van der Waals surface area contributed by atoms with Crippen LogP contribution in [0.15, 0.2) is 48.5 Å². The van der Waals surface area contributed by atoms with E-state index in [0.29, 0.717) is 0 Å². The zero-order valence-corrected chi connectivity index (χ0v) is 18.1. The van der Waals surface area contributed by atoms with E-state index in [0.717, 1.165) is 23.3 Å². The first kappa shape index (κ1) is 22.8. The minimum Gasteiger partial charge on any atom is -0.508 e. The quantitative estimate of drug-likeness (QED) is 0.288. The summed E-state index contributed by atoms with van der Waals surface area (Å²) in [7, 11) is 0. The Morgan fingerprint density at radius 3 is 1.50 bits per heavy atom. The summed E-state index contributed by atoms with van der Waals surface area (Å²) in [6.07, 6.45) is -1.32. The van der Waals surface area contributed by atoms with Crippen LogP contribution in [0.25, 0.3) is 0 Å². The fourth-order valence-electron chi connectivity index (χ4n) is 3.82. The second kappa shape index (κ2) is 8.86. The third kappa shape index (κ3) is 4.40. The summed E-state index contributed by atoms with van der Waals surface area (Å²) in [6, 6.07) is 11.7. The number of phenols is 5. The summed E-state index contributed by atoms with van der Waals surface area (Å²) < 4.78 is 11.2. The van der Waals surface area contributed by atoms with Crippen molar-refractivity contribution in [1.82, 2.24) is 0 Å². The van der Waals surface area contributed by atoms with E-state index < -0.39 is 41.4 Å². The third-order valence-electron chi connectivity index (χ3n) is 5.79. The highest BCUT2D eigenvalue weighted by Crippen LogP contribution is 2.36. The molecule has 0 heterocycles. The van der Waals surface area contributed by atoms with E-state index in [9.17, 15) is 35.1 Å². The first-order chi connectivity index (χ1) is 16.1. The van der Waals surface area contributed by atoms with Gasteiger partial charge in [0.05, 0.1) is 11.1 Å². The topological polar surface area (TPSA) is 154 Å². The predicted molar refractivity (Wildman–Crippen MR) is 118 cm³/mol. The Kier molecular flexibility index (Phi) is 5.93. The highest BCUT2D eigenvalue weighted by atomic mass is 16.6. The molecule has 5 N–H and O–H groups in total. The van der Waals surface area contributed by atoms with Gasteiger partial charge in [0.25, 0.3) is 0 Å². The van der Waals surface area contributed by atoms with E-state index in [1.807, 2.05) is 24.3 Å². The fraction of sp³-hybridized carbons (Fsp3) is 0.200. The van der Waals surface area contributed by atoms with Gasteiger partial charge in [0.1, 0.15) is 23.7 Å². The van der Waals surface area contributed by atoms with Crippen LogP contribution in [0.2, 0.25) is 0 Å². The van der Waals surface area contributed by atoms with Crippen LogP contribution in [0.3, 0.4) is 0 Å². The number of esters is 2. The minimum absolute atomic E-state index is 0.0714. The molecule has 176 valence electrons. The Morgan fingerprint density at radius 1 is 0.706 bits per heavy atom. The highest BCUT2D eigenvalue weighted by Gasteiger charge is 2.35. The molecule has 0 aliphatic heterocycles. The van der Waals surface area contributed by atoms with E-state index in [1.54, 1.807) is 0 Å². The Labute approximate surface area is 194 Å². The molecule has 0 spiro atoms. The van der Waals surface area contributed by atoms with Crippen LogP contribution in [-0.2, 0) is 22.3 Å². The van der Waals surface area contributed by atoms with Crippen LogP contribution in [0.1, 0.15) is 37.4 Å². The Balaban J connectivity index is 1.60. The van der Waals surface area contributed by atoms with Crippen LogP contribution in [0.5, 0.6) is 28.7 Å². The monoisotopic (exact) mass is 466 g/mol. The van der Waals surface area contributed by atoms with Gasteiger partial charge in [-0.3, -0.25) is 0 Å². The molecule has 0 fully saturated rings. The van der Waals surface area contributed by atoms with Crippen molar-refractivity contribution in [1.29, 1.82) is 0 Å². The SMILES string of the molecule is Cc1c(O)cc(C(=O)O[C@@H]2Cc3ccccc3C[C@@H]2OC(=O)c2cc(O)c(O)c(O)c2)cc1O. The van der Waals surface area contributed by atoms with Crippen molar-refractivity contribution in [3.63, 3.8) is 0 Å². The first-order valence-electron chi connectivity index (χ1n) is 10.4. The maximum atomic E-state index is 12.8. The lowest BCUT2D eigenvalue weighted by Crippen LogP contribution is -2.41. The molecule has 2 atom stereocenters. The van der Waals surface area contributed by atoms with Crippen LogP contribution < -0.4 is 0 Å². The van der Waals surface area contributed by atoms with E-state index in [2.05, 4.69) is 0 Å². The van der Waals surface area contributed by atoms with Gasteiger partial charge in [-0.05, 0) is 42.3 Å². The number of phenolic OH excluding ortho intramolecular Hbond substituents is 5. The van der Waals surface area contributed by atoms with Crippen molar-refractivity contribution in [2.45, 2.75) is 32.0 Å². The smallest absolute Gasteiger partial charge is 0.338 e. The molecule has 4 rings (SSSR count). The first-order valence-corrected chi connectivity index (χ1v) is 10.4. The number of rotatable bonds is 4. The standard InChI is InChI=1S/C25H22O9/c1-12-17(26)6-15(7-18(12)27)24(31)33-21-10-13-4-2-3-5-14(13)11-22(21)34-25(32)16-8-19(28)23(30)20(29)9-16/h2-9,21-22,26-30H,10-11H2,1H3/t21-,22+/m1/s1. The number of carbonyl (C=O) groups excluding carboxylic acids is 2. The summed E-state index contributed by atoms with van der Waals surface area (Å²) in [4.78, 5) is 25.5. The molecule has 0 radical (unpaired) electrons. The summed E-state index contributed by atoms with van der Waals surface area (Å²) in [5, 5.41) is 48.8. The maximum absolute atomic E-state index is 12.8. The predicted octanol–water partition coefficient (Wildman–Crippen LogP) is 3.07. The average Bonchev–Trinajstić information content (AvgIpc) is 2.80. The molecule has 0 amide bonds. The number of ether oxygens (including phenoxy) is 2. The Hall–Kier alpha value is -4.40. The maximum Gasteiger partial charge on any atom is 0.338 e. The molecule has 3 aromatic carbocycles. The molecule has 3 aromatic rings. The lowest BCUT2D eigenvalue weighted by molar-refractivity contribution is -0.0389. The summed E-state index contributed by atoms with van der Waals surface area (Å²) >= 11 is 0. The van der Waals surface area contributed by atoms with Gasteiger partial charge in [0.2, 0.25) is 0 Å². The fourth-order valence-corrected chi connectivity index (χ4v) is 3.82. The molecule has 9 heteroatoms. The van der Waals surface area contributed by atoms with Gasteiger partial charge >= 0.3 is 11.9 Å². The van der Waals surface area contributed by atoms with Crippen LogP contribution in [-0.4, -0.2) is 49.7 Å². The number of hydrogen-bond acceptors (Lipinski definition) is 9. The third-order valence-corrected chi connectivity index (χ3v) is 5.79. The van der Waals surface area contributed by atoms with Gasteiger partial charge < -0.3 is 35.0 Å². The molecule has 9 nitrogen and oxygen atoms in total. The molecule has 34 heavy (non-hydrogen) atoms. The molecule has 1 aliphatic carbocycles. The zero-order valence-electron chi connectivity index (χ0n) is 18.1. The molecule has 0 aromatic heterocycles. The zero-order chi connectivity index (χ0) is 24.6. The van der Waals surface area contributed by atoms with Crippen LogP contribution >= 0.6 is 0 Å². The summed E-state index contributed by atoms with van der Waals surface area (Å²) in [6.45, 7) is 1.49. The molecule has 0 saturated heterocycles. The second-order valence-electron chi connectivity index (χ2n) is 8.07. The van der Waals surface area contributed by atoms with Crippen molar-refractivity contribution >= 4 is 11.9 Å². The highest BCUT2D eigenvalue weighted by molar-refractivity contribution is 5.92. The number of carbonyl (C=O) groups is 2. The Morgan fingerprint density at radius 2 is 1.09 bits per heavy atom. The van der Waals surface area contributed by atoms with Crippen molar-refractivity contribution < 1.29 is 44.6 Å². The van der Waals surface area contributed by atoms with Crippen molar-refractivity contribution in [2.24, 2.45) is 0 Å². The van der Waals surface area contributed by atoms with Crippen LogP contribution in [0.4, 0.5) is 0 Å². The van der Waals surface area contributed by atoms with E-state index in [-0.39, 0.29) is 41.0 Å². The largest absolute Gasteiger partial charge is 0.508 e. The van der Waals surface area contributed by atoms with Crippen molar-refractivity contribution in [3.05, 3.63) is 76.3 Å². The van der Waals surface area contributed by atoms with Crippen molar-refractivity contribution in [2.75, 3.05) is 0 Å². The van der Waals surface area contributed by atoms with E-state index in [1.165, 1.54) is 19.1 Å². The lowest BCUT2D eigenvalue weighted by Gasteiger charge is -2.32. The van der Waals surface area contributed by atoms with E-state index in [4.69, 9.17) is 9.47 Å². The number of fused-ring (bicyclic) bond motifs is 1. The molecular formula is C25H22O9. The molecule has 0 bridgehead atoms. The minimum atomic E-state index is -0.905. The van der Waals surface area contributed by atoms with Gasteiger partial charge in [0.15, 0.2) is 17.2 Å². The Bertz CT molecular complexity index is 1140. The van der Waals surface area contributed by atoms with Crippen LogP contribution in [0, 0.1) is 6.92 Å². The van der Waals surface area contributed by atoms with Gasteiger partial charge in [-0.1, -0.05) is 24.3 Å². The average molecular weight is 466 g/mol. The van der Waals surface area contributed by atoms with E-state index >= 15 is 0 Å². The number of benzene rings is 3. The van der Waals surface area contributed by atoms with Gasteiger partial charge in [-0.25, -0.2) is 9.59 Å². The normalized spacial score (nSPS) is 17.0.